The molecule has 0 saturated heterocycles. The first kappa shape index (κ1) is 19.4. The Kier molecular flexibility index (Phi) is 5.43. The summed E-state index contributed by atoms with van der Waals surface area (Å²) < 4.78 is 0. The molecule has 0 aliphatic heterocycles. The Morgan fingerprint density at radius 2 is 1.45 bits per heavy atom. The lowest BCUT2D eigenvalue weighted by molar-refractivity contribution is 0.251. The van der Waals surface area contributed by atoms with E-state index in [1.54, 1.807) is 22.7 Å². The number of aromatic nitrogens is 2. The number of rotatable bonds is 5. The van der Waals surface area contributed by atoms with Crippen LogP contribution in [0, 0.1) is 0 Å². The van der Waals surface area contributed by atoms with Crippen molar-refractivity contribution in [3.63, 3.8) is 0 Å². The fraction of sp³-hybridized carbons (Fsp3) is 0.0417. The highest BCUT2D eigenvalue weighted by Gasteiger charge is 2.15. The standard InChI is InChI=1S/C24H18N4OS2/c29-24(25-15-16-6-2-1-3-7-16)26-17-10-11-18-19(14-17)28-23(21-9-5-13-31-21)22(27-18)20-8-4-12-30-20/h1-14H,15H2,(H2,25,26,29). The van der Waals surface area contributed by atoms with E-state index in [0.29, 0.717) is 12.2 Å². The lowest BCUT2D eigenvalue weighted by atomic mass is 10.2. The van der Waals surface area contributed by atoms with E-state index in [1.807, 2.05) is 71.4 Å². The van der Waals surface area contributed by atoms with Crippen LogP contribution in [-0.2, 0) is 6.54 Å². The zero-order valence-corrected chi connectivity index (χ0v) is 18.0. The van der Waals surface area contributed by atoms with Gasteiger partial charge in [0.2, 0.25) is 0 Å². The molecule has 5 aromatic rings. The molecular formula is C24H18N4OS2. The Morgan fingerprint density at radius 1 is 0.774 bits per heavy atom. The third-order valence-corrected chi connectivity index (χ3v) is 6.48. The number of carbonyl (C=O) groups excluding carboxylic acids is 1. The van der Waals surface area contributed by atoms with E-state index < -0.39 is 0 Å². The molecule has 0 saturated carbocycles. The van der Waals surface area contributed by atoms with Gasteiger partial charge >= 0.3 is 6.03 Å². The van der Waals surface area contributed by atoms with Gasteiger partial charge in [0, 0.05) is 12.2 Å². The summed E-state index contributed by atoms with van der Waals surface area (Å²) >= 11 is 3.29. The second-order valence-electron chi connectivity index (χ2n) is 6.87. The molecule has 0 aliphatic rings. The van der Waals surface area contributed by atoms with Gasteiger partial charge in [-0.2, -0.15) is 0 Å². The number of hydrogen-bond donors (Lipinski definition) is 2. The van der Waals surface area contributed by atoms with E-state index >= 15 is 0 Å². The van der Waals surface area contributed by atoms with E-state index in [1.165, 1.54) is 0 Å². The van der Waals surface area contributed by atoms with Gasteiger partial charge in [-0.05, 0) is 46.7 Å². The third kappa shape index (κ3) is 4.33. The van der Waals surface area contributed by atoms with E-state index in [-0.39, 0.29) is 6.03 Å². The molecule has 2 amide bonds. The third-order valence-electron chi connectivity index (χ3n) is 4.73. The van der Waals surface area contributed by atoms with Crippen molar-refractivity contribution in [3.8, 4) is 21.1 Å². The zero-order chi connectivity index (χ0) is 21.0. The molecule has 0 bridgehead atoms. The molecule has 0 radical (unpaired) electrons. The summed E-state index contributed by atoms with van der Waals surface area (Å²) in [6.07, 6.45) is 0. The van der Waals surface area contributed by atoms with Gasteiger partial charge in [-0.25, -0.2) is 14.8 Å². The van der Waals surface area contributed by atoms with Gasteiger partial charge < -0.3 is 10.6 Å². The Hall–Kier alpha value is -3.55. The summed E-state index contributed by atoms with van der Waals surface area (Å²) in [4.78, 5) is 24.3. The van der Waals surface area contributed by atoms with Crippen molar-refractivity contribution >= 4 is 45.4 Å². The number of nitrogens with zero attached hydrogens (tertiary/aromatic N) is 2. The van der Waals surface area contributed by atoms with Crippen LogP contribution in [0.15, 0.2) is 83.6 Å². The first-order valence-electron chi connectivity index (χ1n) is 9.74. The summed E-state index contributed by atoms with van der Waals surface area (Å²) in [6.45, 7) is 0.465. The largest absolute Gasteiger partial charge is 0.334 e. The van der Waals surface area contributed by atoms with Crippen LogP contribution in [0.25, 0.3) is 32.2 Å². The molecule has 0 fully saturated rings. The molecular weight excluding hydrogens is 424 g/mol. The van der Waals surface area contributed by atoms with Gasteiger partial charge in [0.25, 0.3) is 0 Å². The zero-order valence-electron chi connectivity index (χ0n) is 16.4. The highest BCUT2D eigenvalue weighted by atomic mass is 32.1. The van der Waals surface area contributed by atoms with Crippen LogP contribution in [0.3, 0.4) is 0 Å². The van der Waals surface area contributed by atoms with Gasteiger partial charge in [0.15, 0.2) is 0 Å². The van der Waals surface area contributed by atoms with Crippen molar-refractivity contribution in [1.29, 1.82) is 0 Å². The van der Waals surface area contributed by atoms with Gasteiger partial charge in [0.05, 0.1) is 20.8 Å². The molecule has 0 atom stereocenters. The number of urea groups is 1. The minimum absolute atomic E-state index is 0.259. The van der Waals surface area contributed by atoms with E-state index in [2.05, 4.69) is 22.8 Å². The number of carbonyl (C=O) groups is 1. The summed E-state index contributed by atoms with van der Waals surface area (Å²) in [6, 6.07) is 23.3. The number of nitrogens with one attached hydrogen (secondary N) is 2. The van der Waals surface area contributed by atoms with Gasteiger partial charge in [-0.15, -0.1) is 22.7 Å². The summed E-state index contributed by atoms with van der Waals surface area (Å²) in [7, 11) is 0. The summed E-state index contributed by atoms with van der Waals surface area (Å²) in [5.41, 5.74) is 4.99. The van der Waals surface area contributed by atoms with E-state index in [4.69, 9.17) is 9.97 Å². The molecule has 152 valence electrons. The van der Waals surface area contributed by atoms with Crippen molar-refractivity contribution in [3.05, 3.63) is 89.1 Å². The Labute approximate surface area is 187 Å². The first-order valence-corrected chi connectivity index (χ1v) is 11.5. The first-order chi connectivity index (χ1) is 15.3. The monoisotopic (exact) mass is 442 g/mol. The van der Waals surface area contributed by atoms with Crippen LogP contribution in [0.5, 0.6) is 0 Å². The summed E-state index contributed by atoms with van der Waals surface area (Å²) in [5, 5.41) is 9.84. The average Bonchev–Trinajstić information content (AvgIpc) is 3.52. The molecule has 2 N–H and O–H groups in total. The van der Waals surface area contributed by atoms with E-state index in [0.717, 1.165) is 37.7 Å². The molecule has 0 unspecified atom stereocenters. The maximum atomic E-state index is 12.3. The summed E-state index contributed by atoms with van der Waals surface area (Å²) in [5.74, 6) is 0. The van der Waals surface area contributed by atoms with Crippen LogP contribution in [0.2, 0.25) is 0 Å². The van der Waals surface area contributed by atoms with Crippen molar-refractivity contribution in [2.24, 2.45) is 0 Å². The minimum Gasteiger partial charge on any atom is -0.334 e. The highest BCUT2D eigenvalue weighted by Crippen LogP contribution is 2.35. The fourth-order valence-electron chi connectivity index (χ4n) is 3.26. The molecule has 3 heterocycles. The van der Waals surface area contributed by atoms with Crippen molar-refractivity contribution in [2.75, 3.05) is 5.32 Å². The Bertz CT molecular complexity index is 1320. The quantitative estimate of drug-likeness (QED) is 0.331. The predicted molar refractivity (Wildman–Crippen MR) is 128 cm³/mol. The molecule has 5 nitrogen and oxygen atoms in total. The second kappa shape index (κ2) is 8.67. The van der Waals surface area contributed by atoms with Gasteiger partial charge in [-0.1, -0.05) is 42.5 Å². The number of benzene rings is 2. The number of hydrogen-bond acceptors (Lipinski definition) is 5. The van der Waals surface area contributed by atoms with Crippen molar-refractivity contribution in [2.45, 2.75) is 6.54 Å². The number of fused-ring (bicyclic) bond motifs is 1. The average molecular weight is 443 g/mol. The predicted octanol–water partition coefficient (Wildman–Crippen LogP) is 6.41. The smallest absolute Gasteiger partial charge is 0.319 e. The lowest BCUT2D eigenvalue weighted by Gasteiger charge is -2.10. The molecule has 5 rings (SSSR count). The Morgan fingerprint density at radius 3 is 2.10 bits per heavy atom. The fourth-order valence-corrected chi connectivity index (χ4v) is 4.69. The molecule has 3 aromatic heterocycles. The van der Waals surface area contributed by atoms with Crippen LogP contribution in [-0.4, -0.2) is 16.0 Å². The van der Waals surface area contributed by atoms with Crippen LogP contribution in [0.1, 0.15) is 5.56 Å². The number of anilines is 1. The highest BCUT2D eigenvalue weighted by molar-refractivity contribution is 7.14. The molecule has 0 spiro atoms. The van der Waals surface area contributed by atoms with Crippen molar-refractivity contribution < 1.29 is 4.79 Å². The van der Waals surface area contributed by atoms with Gasteiger partial charge in [-0.3, -0.25) is 0 Å². The number of amides is 2. The molecule has 31 heavy (non-hydrogen) atoms. The lowest BCUT2D eigenvalue weighted by Crippen LogP contribution is -2.28. The number of thiophene rings is 2. The van der Waals surface area contributed by atoms with Crippen molar-refractivity contribution in [1.82, 2.24) is 15.3 Å². The van der Waals surface area contributed by atoms with Gasteiger partial charge in [0.1, 0.15) is 11.4 Å². The topological polar surface area (TPSA) is 66.9 Å². The van der Waals surface area contributed by atoms with Crippen LogP contribution < -0.4 is 10.6 Å². The maximum Gasteiger partial charge on any atom is 0.319 e. The molecule has 7 heteroatoms. The van der Waals surface area contributed by atoms with E-state index in [9.17, 15) is 4.79 Å². The van der Waals surface area contributed by atoms with Crippen LogP contribution >= 0.6 is 22.7 Å². The maximum absolute atomic E-state index is 12.3. The SMILES string of the molecule is O=C(NCc1ccccc1)Nc1ccc2nc(-c3cccs3)c(-c3cccs3)nc2c1. The minimum atomic E-state index is -0.259. The second-order valence-corrected chi connectivity index (χ2v) is 8.77. The Balaban J connectivity index is 1.43. The normalized spacial score (nSPS) is 10.8. The molecule has 0 aliphatic carbocycles. The van der Waals surface area contributed by atoms with Crippen LogP contribution in [0.4, 0.5) is 10.5 Å². The molecule has 2 aromatic carbocycles.